The molecule has 8 nitrogen and oxygen atoms in total. The molecule has 0 aliphatic carbocycles. The molecule has 5 heterocycles. The molecule has 1 unspecified atom stereocenters. The van der Waals surface area contributed by atoms with E-state index in [2.05, 4.69) is 42.4 Å². The molecule has 3 saturated heterocycles. The third-order valence-electron chi connectivity index (χ3n) is 8.85. The first kappa shape index (κ1) is 28.9. The van der Waals surface area contributed by atoms with E-state index in [9.17, 15) is 9.18 Å². The average molecular weight is 571 g/mol. The minimum Gasteiger partial charge on any atom is -0.381 e. The number of alkyl halides is 1. The third-order valence-corrected chi connectivity index (χ3v) is 10.0. The van der Waals surface area contributed by atoms with E-state index in [1.165, 1.54) is 11.8 Å². The van der Waals surface area contributed by atoms with Gasteiger partial charge in [-0.15, -0.1) is 6.58 Å². The van der Waals surface area contributed by atoms with Crippen LogP contribution in [-0.4, -0.2) is 83.5 Å². The van der Waals surface area contributed by atoms with E-state index in [0.717, 1.165) is 80.1 Å². The van der Waals surface area contributed by atoms with Crippen molar-refractivity contribution >= 4 is 39.7 Å². The summed E-state index contributed by atoms with van der Waals surface area (Å²) in [4.78, 5) is 19.4. The van der Waals surface area contributed by atoms with Gasteiger partial charge in [0.2, 0.25) is 5.91 Å². The monoisotopic (exact) mass is 570 g/mol. The number of thioether (sulfide) groups is 1. The normalized spacial score (nSPS) is 20.5. The Labute approximate surface area is 241 Å². The van der Waals surface area contributed by atoms with Gasteiger partial charge < -0.3 is 19.4 Å². The van der Waals surface area contributed by atoms with Gasteiger partial charge in [0, 0.05) is 74.4 Å². The maximum absolute atomic E-state index is 14.4. The lowest BCUT2D eigenvalue weighted by molar-refractivity contribution is -0.137. The highest BCUT2D eigenvalue weighted by atomic mass is 32.2. The number of likely N-dealkylation sites (tertiary alicyclic amines) is 1. The second kappa shape index (κ2) is 11.7. The maximum atomic E-state index is 14.4. The molecule has 1 spiro atoms. The number of amidine groups is 1. The van der Waals surface area contributed by atoms with Crippen LogP contribution in [0.2, 0.25) is 0 Å². The van der Waals surface area contributed by atoms with Gasteiger partial charge in [0.1, 0.15) is 6.17 Å². The number of pyridine rings is 1. The number of rotatable bonds is 8. The maximum Gasteiger partial charge on any atom is 0.225 e. The van der Waals surface area contributed by atoms with Gasteiger partial charge in [0.15, 0.2) is 5.17 Å². The zero-order valence-electron chi connectivity index (χ0n) is 24.3. The highest BCUT2D eigenvalue weighted by Crippen LogP contribution is 2.43. The highest BCUT2D eigenvalue weighted by molar-refractivity contribution is 8.14. The number of halogens is 1. The second-order valence-electron chi connectivity index (χ2n) is 11.8. The molecule has 0 radical (unpaired) electrons. The lowest BCUT2D eigenvalue weighted by atomic mass is 9.78. The summed E-state index contributed by atoms with van der Waals surface area (Å²) in [6.07, 6.45) is 4.29. The van der Waals surface area contributed by atoms with Gasteiger partial charge in [-0.3, -0.25) is 10.2 Å². The molecule has 218 valence electrons. The van der Waals surface area contributed by atoms with E-state index in [-0.39, 0.29) is 23.0 Å². The number of aryl methyl sites for hydroxylation is 2. The number of amides is 1. The predicted octanol–water partition coefficient (Wildman–Crippen LogP) is 5.08. The van der Waals surface area contributed by atoms with Crippen LogP contribution in [0.1, 0.15) is 50.9 Å². The summed E-state index contributed by atoms with van der Waals surface area (Å²) in [5, 5.41) is 13.6. The van der Waals surface area contributed by atoms with E-state index in [4.69, 9.17) is 15.2 Å². The van der Waals surface area contributed by atoms with Crippen LogP contribution in [0.15, 0.2) is 24.8 Å². The highest BCUT2D eigenvalue weighted by Gasteiger charge is 2.49. The van der Waals surface area contributed by atoms with Crippen LogP contribution in [0.4, 0.5) is 15.8 Å². The molecule has 2 aromatic heterocycles. The Morgan fingerprint density at radius 3 is 2.75 bits per heavy atom. The SMILES string of the molecule is C=CC[C@@H](F)C(C)SC(=N)N(C)c1c(CC)nn2c(C)cc(N3CC4(CCN(C(=O)C5CCOCC5)C4)C3)cc12. The van der Waals surface area contributed by atoms with Crippen LogP contribution < -0.4 is 9.80 Å². The van der Waals surface area contributed by atoms with Crippen molar-refractivity contribution in [3.8, 4) is 0 Å². The summed E-state index contributed by atoms with van der Waals surface area (Å²) in [7, 11) is 1.88. The molecular formula is C30H43FN6O2S. The van der Waals surface area contributed by atoms with Gasteiger partial charge in [-0.1, -0.05) is 31.7 Å². The van der Waals surface area contributed by atoms with Crippen LogP contribution in [0.25, 0.3) is 5.52 Å². The van der Waals surface area contributed by atoms with E-state index < -0.39 is 6.17 Å². The molecule has 0 aromatic carbocycles. The fourth-order valence-corrected chi connectivity index (χ4v) is 7.28. The summed E-state index contributed by atoms with van der Waals surface area (Å²) in [5.74, 6) is 0.431. The molecule has 3 aliphatic rings. The number of anilines is 2. The number of fused-ring (bicyclic) bond motifs is 1. The lowest BCUT2D eigenvalue weighted by Gasteiger charge is -2.49. The number of allylic oxidation sites excluding steroid dienone is 1. The standard InChI is InChI=1S/C30H43FN6O2S/c1-6-8-24(31)21(4)40-29(32)34(5)27-25(7-2)33-37-20(3)15-23(16-26(27)37)36-18-30(19-36)11-12-35(17-30)28(38)22-9-13-39-14-10-22/h6,15-16,21-22,24,32H,1,7-14,17-19H2,2-5H3/t21?,24-/m1/s1. The molecule has 10 heteroatoms. The first-order valence-corrected chi connectivity index (χ1v) is 15.4. The summed E-state index contributed by atoms with van der Waals surface area (Å²) in [6.45, 7) is 14.6. The minimum atomic E-state index is -1.04. The van der Waals surface area contributed by atoms with Crippen molar-refractivity contribution < 1.29 is 13.9 Å². The summed E-state index contributed by atoms with van der Waals surface area (Å²) >= 11 is 1.24. The van der Waals surface area contributed by atoms with Gasteiger partial charge in [0.05, 0.1) is 16.9 Å². The molecule has 40 heavy (non-hydrogen) atoms. The van der Waals surface area contributed by atoms with Crippen molar-refractivity contribution in [1.82, 2.24) is 14.5 Å². The number of carbonyl (C=O) groups excluding carboxylic acids is 1. The first-order valence-electron chi connectivity index (χ1n) is 14.5. The summed E-state index contributed by atoms with van der Waals surface area (Å²) in [6, 6.07) is 4.36. The van der Waals surface area contributed by atoms with E-state index in [1.54, 1.807) is 6.08 Å². The van der Waals surface area contributed by atoms with Gasteiger partial charge >= 0.3 is 0 Å². The lowest BCUT2D eigenvalue weighted by Crippen LogP contribution is -2.58. The molecule has 2 aromatic rings. The number of aromatic nitrogens is 2. The van der Waals surface area contributed by atoms with Crippen LogP contribution in [-0.2, 0) is 16.0 Å². The van der Waals surface area contributed by atoms with Crippen molar-refractivity contribution in [3.63, 3.8) is 0 Å². The van der Waals surface area contributed by atoms with Crippen LogP contribution in [0.3, 0.4) is 0 Å². The quantitative estimate of drug-likeness (QED) is 0.271. The molecule has 5 rings (SSSR count). The minimum absolute atomic E-state index is 0.118. The molecule has 2 atom stereocenters. The first-order chi connectivity index (χ1) is 19.2. The fraction of sp³-hybridized carbons (Fsp3) is 0.633. The smallest absolute Gasteiger partial charge is 0.225 e. The number of nitrogens with zero attached hydrogens (tertiary/aromatic N) is 5. The van der Waals surface area contributed by atoms with Gasteiger partial charge in [-0.2, -0.15) is 5.10 Å². The number of ether oxygens (including phenoxy) is 1. The van der Waals surface area contributed by atoms with Gasteiger partial charge in [-0.25, -0.2) is 8.91 Å². The topological polar surface area (TPSA) is 77.2 Å². The molecular weight excluding hydrogens is 527 g/mol. The van der Waals surface area contributed by atoms with Crippen molar-refractivity contribution in [2.75, 3.05) is 56.2 Å². The van der Waals surface area contributed by atoms with Crippen LogP contribution in [0, 0.1) is 23.7 Å². The van der Waals surface area contributed by atoms with E-state index in [0.29, 0.717) is 24.3 Å². The molecule has 1 amide bonds. The molecule has 0 saturated carbocycles. The number of carbonyl (C=O) groups is 1. The Hall–Kier alpha value is -2.59. The molecule has 1 N–H and O–H groups in total. The fourth-order valence-electron chi connectivity index (χ4n) is 6.42. The van der Waals surface area contributed by atoms with Crippen molar-refractivity contribution in [3.05, 3.63) is 36.2 Å². The molecule has 3 aliphatic heterocycles. The predicted molar refractivity (Wildman–Crippen MR) is 162 cm³/mol. The second-order valence-corrected chi connectivity index (χ2v) is 13.1. The van der Waals surface area contributed by atoms with Crippen LogP contribution >= 0.6 is 11.8 Å². The van der Waals surface area contributed by atoms with Crippen molar-refractivity contribution in [2.24, 2.45) is 11.3 Å². The zero-order valence-corrected chi connectivity index (χ0v) is 25.1. The van der Waals surface area contributed by atoms with E-state index >= 15 is 0 Å². The zero-order chi connectivity index (χ0) is 28.6. The number of hydrogen-bond donors (Lipinski definition) is 1. The Morgan fingerprint density at radius 2 is 2.08 bits per heavy atom. The Morgan fingerprint density at radius 1 is 1.35 bits per heavy atom. The Bertz CT molecular complexity index is 1270. The Kier molecular flexibility index (Phi) is 8.47. The summed E-state index contributed by atoms with van der Waals surface area (Å²) in [5.41, 5.74) is 5.12. The number of hydrogen-bond acceptors (Lipinski definition) is 6. The number of nitrogens with one attached hydrogen (secondary N) is 1. The molecule has 3 fully saturated rings. The Balaban J connectivity index is 1.31. The summed E-state index contributed by atoms with van der Waals surface area (Å²) < 4.78 is 21.8. The van der Waals surface area contributed by atoms with Crippen molar-refractivity contribution in [1.29, 1.82) is 5.41 Å². The van der Waals surface area contributed by atoms with E-state index in [1.807, 2.05) is 23.4 Å². The third kappa shape index (κ3) is 5.49. The van der Waals surface area contributed by atoms with Gasteiger partial charge in [-0.05, 0) is 51.2 Å². The van der Waals surface area contributed by atoms with Gasteiger partial charge in [0.25, 0.3) is 0 Å². The molecule has 0 bridgehead atoms. The van der Waals surface area contributed by atoms with Crippen molar-refractivity contribution in [2.45, 2.75) is 64.3 Å². The average Bonchev–Trinajstić information content (AvgIpc) is 3.55. The largest absolute Gasteiger partial charge is 0.381 e. The van der Waals surface area contributed by atoms with Crippen LogP contribution in [0.5, 0.6) is 0 Å².